The molecule has 6 heteroatoms. The maximum atomic E-state index is 11.9. The predicted octanol–water partition coefficient (Wildman–Crippen LogP) is 2.44. The molecule has 118 valence electrons. The molecule has 5 nitrogen and oxygen atoms in total. The van der Waals surface area contributed by atoms with E-state index in [-0.39, 0.29) is 11.6 Å². The molecule has 0 aliphatic rings. The van der Waals surface area contributed by atoms with Gasteiger partial charge in [0, 0.05) is 25.4 Å². The third kappa shape index (κ3) is 5.74. The Balaban J connectivity index is 5.25. The molecule has 0 radical (unpaired) electrons. The van der Waals surface area contributed by atoms with E-state index in [9.17, 15) is 4.79 Å². The van der Waals surface area contributed by atoms with E-state index in [1.165, 1.54) is 0 Å². The lowest BCUT2D eigenvalue weighted by molar-refractivity contribution is -0.118. The van der Waals surface area contributed by atoms with Crippen LogP contribution in [0.25, 0.3) is 0 Å². The fraction of sp³-hybridized carbons (Fsp3) is 0.786. The molecule has 1 atom stereocenters. The van der Waals surface area contributed by atoms with Crippen LogP contribution in [0.15, 0.2) is 12.2 Å². The number of carbonyl (C=O) groups is 1. The van der Waals surface area contributed by atoms with Gasteiger partial charge >= 0.3 is 8.80 Å². The first-order valence-electron chi connectivity index (χ1n) is 7.35. The van der Waals surface area contributed by atoms with Crippen molar-refractivity contribution in [2.75, 3.05) is 19.8 Å². The lowest BCUT2D eigenvalue weighted by Crippen LogP contribution is -2.63. The van der Waals surface area contributed by atoms with Gasteiger partial charge in [-0.15, -0.1) is 0 Å². The monoisotopic (exact) mass is 303 g/mol. The van der Waals surface area contributed by atoms with Crippen LogP contribution in [0.2, 0.25) is 0 Å². The highest BCUT2D eigenvalue weighted by Crippen LogP contribution is 2.19. The third-order valence-corrected chi connectivity index (χ3v) is 6.09. The van der Waals surface area contributed by atoms with Crippen LogP contribution >= 0.6 is 0 Å². The van der Waals surface area contributed by atoms with E-state index in [0.717, 1.165) is 12.8 Å². The Morgan fingerprint density at radius 1 is 1.10 bits per heavy atom. The molecule has 1 unspecified atom stereocenters. The molecule has 20 heavy (non-hydrogen) atoms. The standard InChI is InChI=1S/C14H29NO4Si/c1-7-11-13(15-14(16)12(5)6)20(17-8-2,18-9-3)19-10-4/h13H,5,7-11H2,1-4,6H3,(H,15,16). The lowest BCUT2D eigenvalue weighted by Gasteiger charge is -2.35. The molecular formula is C14H29NO4Si. The van der Waals surface area contributed by atoms with Crippen LogP contribution in [0, 0.1) is 0 Å². The Bertz CT molecular complexity index is 293. The number of hydrogen-bond donors (Lipinski definition) is 1. The molecule has 0 spiro atoms. The highest BCUT2D eigenvalue weighted by Gasteiger charge is 2.49. The Kier molecular flexibility index (Phi) is 9.74. The van der Waals surface area contributed by atoms with Crippen molar-refractivity contribution in [3.05, 3.63) is 12.2 Å². The molecule has 0 aromatic rings. The first-order valence-corrected chi connectivity index (χ1v) is 9.15. The zero-order valence-electron chi connectivity index (χ0n) is 13.5. The molecule has 0 fully saturated rings. The maximum absolute atomic E-state index is 11.9. The minimum atomic E-state index is -2.93. The molecule has 0 aliphatic carbocycles. The summed E-state index contributed by atoms with van der Waals surface area (Å²) in [5.74, 6) is -0.181. The van der Waals surface area contributed by atoms with Gasteiger partial charge in [0.2, 0.25) is 5.91 Å². The molecule has 0 aromatic heterocycles. The van der Waals surface area contributed by atoms with Crippen molar-refractivity contribution in [3.8, 4) is 0 Å². The van der Waals surface area contributed by atoms with E-state index in [2.05, 4.69) is 18.8 Å². The summed E-state index contributed by atoms with van der Waals surface area (Å²) in [6, 6.07) is 0. The van der Waals surface area contributed by atoms with Gasteiger partial charge in [0.15, 0.2) is 0 Å². The number of carbonyl (C=O) groups excluding carboxylic acids is 1. The van der Waals surface area contributed by atoms with E-state index in [1.807, 2.05) is 20.8 Å². The molecule has 0 rings (SSSR count). The van der Waals surface area contributed by atoms with Gasteiger partial charge in [-0.2, -0.15) is 0 Å². The molecule has 0 saturated carbocycles. The van der Waals surface area contributed by atoms with E-state index in [1.54, 1.807) is 6.92 Å². The molecule has 0 saturated heterocycles. The first-order chi connectivity index (χ1) is 9.47. The summed E-state index contributed by atoms with van der Waals surface area (Å²) in [6.07, 6.45) is 1.66. The average molecular weight is 303 g/mol. The lowest BCUT2D eigenvalue weighted by atomic mass is 10.3. The zero-order valence-corrected chi connectivity index (χ0v) is 14.5. The average Bonchev–Trinajstić information content (AvgIpc) is 2.38. The van der Waals surface area contributed by atoms with Gasteiger partial charge < -0.3 is 18.6 Å². The van der Waals surface area contributed by atoms with Crippen LogP contribution in [-0.2, 0) is 18.1 Å². The van der Waals surface area contributed by atoms with Gasteiger partial charge in [0.1, 0.15) is 0 Å². The summed E-state index contributed by atoms with van der Waals surface area (Å²) in [7, 11) is -2.93. The second-order valence-corrected chi connectivity index (χ2v) is 7.27. The van der Waals surface area contributed by atoms with Gasteiger partial charge in [-0.1, -0.05) is 19.9 Å². The van der Waals surface area contributed by atoms with Crippen LogP contribution in [0.4, 0.5) is 0 Å². The van der Waals surface area contributed by atoms with Crippen molar-refractivity contribution < 1.29 is 18.1 Å². The summed E-state index contributed by atoms with van der Waals surface area (Å²) in [5, 5.41) is 2.96. The van der Waals surface area contributed by atoms with E-state index in [4.69, 9.17) is 13.3 Å². The Labute approximate surface area is 124 Å². The summed E-state index contributed by atoms with van der Waals surface area (Å²) >= 11 is 0. The van der Waals surface area contributed by atoms with Crippen molar-refractivity contribution in [1.29, 1.82) is 0 Å². The minimum Gasteiger partial charge on any atom is -0.373 e. The topological polar surface area (TPSA) is 56.8 Å². The SMILES string of the molecule is C=C(C)C(=O)NC(CCC)[Si](OCC)(OCC)OCC. The van der Waals surface area contributed by atoms with Crippen LogP contribution in [0.1, 0.15) is 47.5 Å². The van der Waals surface area contributed by atoms with E-state index < -0.39 is 8.80 Å². The third-order valence-electron chi connectivity index (χ3n) is 2.73. The summed E-state index contributed by atoms with van der Waals surface area (Å²) in [4.78, 5) is 11.9. The summed E-state index contributed by atoms with van der Waals surface area (Å²) in [6.45, 7) is 14.6. The quantitative estimate of drug-likeness (QED) is 0.470. The largest absolute Gasteiger partial charge is 0.524 e. The Hall–Kier alpha value is -0.693. The van der Waals surface area contributed by atoms with Gasteiger partial charge in [0.05, 0.1) is 5.67 Å². The number of rotatable bonds is 11. The maximum Gasteiger partial charge on any atom is 0.524 e. The second kappa shape index (κ2) is 10.1. The molecule has 0 bridgehead atoms. The van der Waals surface area contributed by atoms with Gasteiger partial charge in [-0.3, -0.25) is 4.79 Å². The van der Waals surface area contributed by atoms with Crippen LogP contribution in [0.5, 0.6) is 0 Å². The number of hydrogen-bond acceptors (Lipinski definition) is 4. The van der Waals surface area contributed by atoms with Crippen molar-refractivity contribution in [3.63, 3.8) is 0 Å². The number of nitrogens with one attached hydrogen (secondary N) is 1. The Morgan fingerprint density at radius 3 is 1.85 bits per heavy atom. The summed E-state index contributed by atoms with van der Waals surface area (Å²) in [5.41, 5.74) is 0.232. The van der Waals surface area contributed by atoms with E-state index in [0.29, 0.717) is 25.4 Å². The highest BCUT2D eigenvalue weighted by molar-refractivity contribution is 6.62. The van der Waals surface area contributed by atoms with Crippen molar-refractivity contribution in [2.24, 2.45) is 0 Å². The first kappa shape index (κ1) is 19.3. The minimum absolute atomic E-state index is 0.181. The summed E-state index contributed by atoms with van der Waals surface area (Å²) < 4.78 is 17.6. The van der Waals surface area contributed by atoms with Gasteiger partial charge in [-0.25, -0.2) is 0 Å². The smallest absolute Gasteiger partial charge is 0.373 e. The molecule has 1 N–H and O–H groups in total. The van der Waals surface area contributed by atoms with Gasteiger partial charge in [-0.05, 0) is 34.1 Å². The molecular weight excluding hydrogens is 274 g/mol. The molecule has 0 heterocycles. The second-order valence-electron chi connectivity index (χ2n) is 4.50. The predicted molar refractivity (Wildman–Crippen MR) is 82.3 cm³/mol. The van der Waals surface area contributed by atoms with Gasteiger partial charge in [0.25, 0.3) is 0 Å². The normalized spacial score (nSPS) is 13.1. The van der Waals surface area contributed by atoms with Crippen molar-refractivity contribution in [1.82, 2.24) is 5.32 Å². The van der Waals surface area contributed by atoms with Crippen LogP contribution in [-0.4, -0.2) is 40.2 Å². The van der Waals surface area contributed by atoms with E-state index >= 15 is 0 Å². The highest BCUT2D eigenvalue weighted by atomic mass is 28.4. The molecule has 0 aliphatic heterocycles. The van der Waals surface area contributed by atoms with Crippen molar-refractivity contribution in [2.45, 2.75) is 53.1 Å². The fourth-order valence-electron chi connectivity index (χ4n) is 1.94. The van der Waals surface area contributed by atoms with Crippen molar-refractivity contribution >= 4 is 14.7 Å². The Morgan fingerprint density at radius 2 is 1.55 bits per heavy atom. The fourth-order valence-corrected chi connectivity index (χ4v) is 4.95. The molecule has 0 aromatic carbocycles. The zero-order chi connectivity index (χ0) is 15.6. The number of amides is 1. The molecule has 1 amide bonds. The van der Waals surface area contributed by atoms with Crippen LogP contribution in [0.3, 0.4) is 0 Å². The van der Waals surface area contributed by atoms with Crippen LogP contribution < -0.4 is 5.32 Å².